The zero-order valence-corrected chi connectivity index (χ0v) is 10.00. The van der Waals surface area contributed by atoms with Crippen LogP contribution in [0.2, 0.25) is 0 Å². The molecule has 0 radical (unpaired) electrons. The van der Waals surface area contributed by atoms with Crippen LogP contribution in [0.1, 0.15) is 32.1 Å². The lowest BCUT2D eigenvalue weighted by Gasteiger charge is -2.42. The van der Waals surface area contributed by atoms with Crippen molar-refractivity contribution in [1.82, 2.24) is 10.2 Å². The molecule has 1 atom stereocenters. The Morgan fingerprint density at radius 3 is 2.33 bits per heavy atom. The van der Waals surface area contributed by atoms with Crippen LogP contribution >= 0.6 is 0 Å². The second kappa shape index (κ2) is 4.40. The largest absolute Gasteiger partial charge is 0.394 e. The Kier molecular flexibility index (Phi) is 3.33. The lowest BCUT2D eigenvalue weighted by atomic mass is 9.88. The Hall–Kier alpha value is -0.120. The fraction of sp³-hybridized carbons (Fsp3) is 1.00. The highest BCUT2D eigenvalue weighted by Crippen LogP contribution is 2.40. The van der Waals surface area contributed by atoms with Gasteiger partial charge < -0.3 is 15.3 Å². The van der Waals surface area contributed by atoms with Crippen molar-refractivity contribution in [3.63, 3.8) is 0 Å². The minimum absolute atomic E-state index is 0.0374. The molecule has 0 heterocycles. The molecule has 2 aliphatic carbocycles. The van der Waals surface area contributed by atoms with Gasteiger partial charge in [-0.15, -0.1) is 0 Å². The molecule has 0 aliphatic heterocycles. The summed E-state index contributed by atoms with van der Waals surface area (Å²) in [5, 5.41) is 13.0. The fourth-order valence-corrected chi connectivity index (χ4v) is 2.71. The summed E-state index contributed by atoms with van der Waals surface area (Å²) in [6, 6.07) is 0.767. The summed E-state index contributed by atoms with van der Waals surface area (Å²) in [6.07, 6.45) is 6.61. The van der Waals surface area contributed by atoms with Crippen LogP contribution in [0.5, 0.6) is 0 Å². The standard InChI is InChI=1S/C12H24N2O/c1-13-12(9-15,10-6-7-10)8-14(2)11-4-3-5-11/h10-11,13,15H,3-9H2,1-2H3. The lowest BCUT2D eigenvalue weighted by Crippen LogP contribution is -2.58. The van der Waals surface area contributed by atoms with E-state index >= 15 is 0 Å². The van der Waals surface area contributed by atoms with E-state index < -0.39 is 0 Å². The van der Waals surface area contributed by atoms with Crippen molar-refractivity contribution < 1.29 is 5.11 Å². The predicted molar refractivity (Wildman–Crippen MR) is 61.9 cm³/mol. The van der Waals surface area contributed by atoms with Gasteiger partial charge in [0.2, 0.25) is 0 Å². The Morgan fingerprint density at radius 2 is 2.00 bits per heavy atom. The van der Waals surface area contributed by atoms with Crippen LogP contribution in [0, 0.1) is 5.92 Å². The lowest BCUT2D eigenvalue weighted by molar-refractivity contribution is 0.0676. The topological polar surface area (TPSA) is 35.5 Å². The fourth-order valence-electron chi connectivity index (χ4n) is 2.71. The normalized spacial score (nSPS) is 26.4. The summed E-state index contributed by atoms with van der Waals surface area (Å²) in [5.41, 5.74) is -0.0374. The van der Waals surface area contributed by atoms with Crippen molar-refractivity contribution >= 4 is 0 Å². The molecule has 0 saturated heterocycles. The maximum absolute atomic E-state index is 9.62. The maximum Gasteiger partial charge on any atom is 0.0628 e. The van der Waals surface area contributed by atoms with E-state index in [9.17, 15) is 5.11 Å². The molecule has 0 aromatic rings. The number of likely N-dealkylation sites (N-methyl/N-ethyl adjacent to an activating group) is 2. The Morgan fingerprint density at radius 1 is 1.33 bits per heavy atom. The van der Waals surface area contributed by atoms with Crippen LogP contribution in [-0.4, -0.2) is 48.8 Å². The van der Waals surface area contributed by atoms with Crippen molar-refractivity contribution in [3.8, 4) is 0 Å². The number of aliphatic hydroxyl groups excluding tert-OH is 1. The van der Waals surface area contributed by atoms with Crippen LogP contribution in [0.15, 0.2) is 0 Å². The third-order valence-corrected chi connectivity index (χ3v) is 4.37. The number of aliphatic hydroxyl groups is 1. The highest BCUT2D eigenvalue weighted by atomic mass is 16.3. The van der Waals surface area contributed by atoms with E-state index in [1.165, 1.54) is 32.1 Å². The third-order valence-electron chi connectivity index (χ3n) is 4.37. The zero-order chi connectivity index (χ0) is 10.9. The molecule has 2 rings (SSSR count). The van der Waals surface area contributed by atoms with Gasteiger partial charge in [0.25, 0.3) is 0 Å². The highest BCUT2D eigenvalue weighted by molar-refractivity contribution is 5.02. The van der Waals surface area contributed by atoms with Crippen LogP contribution < -0.4 is 5.32 Å². The Bertz CT molecular complexity index is 208. The summed E-state index contributed by atoms with van der Waals surface area (Å²) < 4.78 is 0. The first-order valence-corrected chi connectivity index (χ1v) is 6.22. The summed E-state index contributed by atoms with van der Waals surface area (Å²) in [4.78, 5) is 2.44. The van der Waals surface area contributed by atoms with Crippen molar-refractivity contribution in [2.24, 2.45) is 5.92 Å². The van der Waals surface area contributed by atoms with Gasteiger partial charge in [0.15, 0.2) is 0 Å². The Balaban J connectivity index is 1.92. The van der Waals surface area contributed by atoms with Gasteiger partial charge in [-0.3, -0.25) is 0 Å². The molecular weight excluding hydrogens is 188 g/mol. The summed E-state index contributed by atoms with van der Waals surface area (Å²) in [5.74, 6) is 0.690. The number of rotatable bonds is 6. The van der Waals surface area contributed by atoms with E-state index in [1.54, 1.807) is 0 Å². The average Bonchev–Trinajstić information content (AvgIpc) is 2.95. The summed E-state index contributed by atoms with van der Waals surface area (Å²) >= 11 is 0. The minimum Gasteiger partial charge on any atom is -0.394 e. The monoisotopic (exact) mass is 212 g/mol. The van der Waals surface area contributed by atoms with E-state index in [0.29, 0.717) is 5.92 Å². The third kappa shape index (κ3) is 2.19. The SMILES string of the molecule is CNC(CO)(CN(C)C1CCC1)C1CC1. The molecule has 2 aliphatic rings. The smallest absolute Gasteiger partial charge is 0.0628 e. The molecule has 0 amide bonds. The predicted octanol–water partition coefficient (Wildman–Crippen LogP) is 0.831. The van der Waals surface area contributed by atoms with E-state index in [-0.39, 0.29) is 12.1 Å². The minimum atomic E-state index is -0.0374. The first kappa shape index (κ1) is 11.4. The van der Waals surface area contributed by atoms with Gasteiger partial charge in [-0.25, -0.2) is 0 Å². The van der Waals surface area contributed by atoms with Gasteiger partial charge in [-0.05, 0) is 45.7 Å². The molecule has 0 bridgehead atoms. The molecule has 0 spiro atoms. The van der Waals surface area contributed by atoms with Crippen molar-refractivity contribution in [1.29, 1.82) is 0 Å². The molecule has 88 valence electrons. The Labute approximate surface area is 92.8 Å². The van der Waals surface area contributed by atoms with Gasteiger partial charge in [-0.2, -0.15) is 0 Å². The molecule has 3 nitrogen and oxygen atoms in total. The first-order chi connectivity index (χ1) is 7.22. The quantitative estimate of drug-likeness (QED) is 0.684. The molecule has 0 aromatic carbocycles. The number of hydrogen-bond acceptors (Lipinski definition) is 3. The van der Waals surface area contributed by atoms with Crippen molar-refractivity contribution in [2.45, 2.75) is 43.7 Å². The number of hydrogen-bond donors (Lipinski definition) is 2. The van der Waals surface area contributed by atoms with Crippen molar-refractivity contribution in [2.75, 3.05) is 27.2 Å². The maximum atomic E-state index is 9.62. The first-order valence-electron chi connectivity index (χ1n) is 6.22. The second-order valence-corrected chi connectivity index (χ2v) is 5.34. The molecular formula is C12H24N2O. The number of nitrogens with zero attached hydrogens (tertiary/aromatic N) is 1. The van der Waals surface area contributed by atoms with Gasteiger partial charge in [-0.1, -0.05) is 6.42 Å². The molecule has 2 saturated carbocycles. The molecule has 0 aromatic heterocycles. The van der Waals surface area contributed by atoms with E-state index in [1.807, 2.05) is 7.05 Å². The van der Waals surface area contributed by atoms with E-state index in [4.69, 9.17) is 0 Å². The van der Waals surface area contributed by atoms with Gasteiger partial charge in [0, 0.05) is 12.6 Å². The van der Waals surface area contributed by atoms with E-state index in [2.05, 4.69) is 17.3 Å². The van der Waals surface area contributed by atoms with Crippen LogP contribution in [-0.2, 0) is 0 Å². The summed E-state index contributed by atoms with van der Waals surface area (Å²) in [7, 11) is 4.19. The van der Waals surface area contributed by atoms with Gasteiger partial charge >= 0.3 is 0 Å². The molecule has 3 heteroatoms. The average molecular weight is 212 g/mol. The molecule has 2 N–H and O–H groups in total. The van der Waals surface area contributed by atoms with E-state index in [0.717, 1.165) is 12.6 Å². The van der Waals surface area contributed by atoms with Gasteiger partial charge in [0.05, 0.1) is 12.1 Å². The van der Waals surface area contributed by atoms with Crippen LogP contribution in [0.3, 0.4) is 0 Å². The van der Waals surface area contributed by atoms with Crippen LogP contribution in [0.4, 0.5) is 0 Å². The molecule has 15 heavy (non-hydrogen) atoms. The molecule has 2 fully saturated rings. The van der Waals surface area contributed by atoms with Gasteiger partial charge in [0.1, 0.15) is 0 Å². The summed E-state index contributed by atoms with van der Waals surface area (Å²) in [6.45, 7) is 1.26. The highest BCUT2D eigenvalue weighted by Gasteiger charge is 2.45. The zero-order valence-electron chi connectivity index (χ0n) is 10.00. The van der Waals surface area contributed by atoms with Crippen molar-refractivity contribution in [3.05, 3.63) is 0 Å². The van der Waals surface area contributed by atoms with Crippen LogP contribution in [0.25, 0.3) is 0 Å². The number of nitrogens with one attached hydrogen (secondary N) is 1. The molecule has 1 unspecified atom stereocenters. The second-order valence-electron chi connectivity index (χ2n) is 5.34.